The van der Waals surface area contributed by atoms with E-state index in [1.165, 1.54) is 25.3 Å². The minimum Gasteiger partial charge on any atom is -0.505 e. The molecule has 46 heavy (non-hydrogen) atoms. The number of aryl methyl sites for hydroxylation is 1. The number of nitrogens with zero attached hydrogens (tertiary/aromatic N) is 1. The maximum atomic E-state index is 13.1. The first-order chi connectivity index (χ1) is 21.8. The molecule has 1 amide bonds. The third-order valence-electron chi connectivity index (χ3n) is 7.73. The Hall–Kier alpha value is -4.70. The minimum absolute atomic E-state index is 0.0298. The molecule has 0 radical (unpaired) electrons. The predicted molar refractivity (Wildman–Crippen MR) is 166 cm³/mol. The zero-order valence-corrected chi connectivity index (χ0v) is 25.3. The number of ether oxygens (including phenoxy) is 4. The van der Waals surface area contributed by atoms with E-state index in [1.807, 2.05) is 0 Å². The second-order valence-electron chi connectivity index (χ2n) is 11.2. The number of nitrogens with two attached hydrogens (primary N) is 1. The zero-order valence-electron chi connectivity index (χ0n) is 25.3. The molecule has 0 saturated carbocycles. The number of amides is 1. The highest BCUT2D eigenvalue weighted by atomic mass is 16.7. The number of carbonyl (C=O) groups is 1. The first-order valence-corrected chi connectivity index (χ1v) is 14.1. The van der Waals surface area contributed by atoms with Crippen LogP contribution in [0, 0.1) is 11.8 Å². The fraction of sp³-hybridized carbons (Fsp3) is 0.312. The largest absolute Gasteiger partial charge is 0.505 e. The summed E-state index contributed by atoms with van der Waals surface area (Å²) in [4.78, 5) is 36.9. The summed E-state index contributed by atoms with van der Waals surface area (Å²) in [6.45, 7) is 4.93. The van der Waals surface area contributed by atoms with Gasteiger partial charge in [-0.25, -0.2) is 4.79 Å². The van der Waals surface area contributed by atoms with Gasteiger partial charge in [0.25, 0.3) is 5.91 Å². The van der Waals surface area contributed by atoms with Gasteiger partial charge in [-0.2, -0.15) is 0 Å². The Labute approximate surface area is 262 Å². The fourth-order valence-corrected chi connectivity index (χ4v) is 5.46. The Kier molecular flexibility index (Phi) is 9.21. The fourth-order valence-electron chi connectivity index (χ4n) is 5.46. The second kappa shape index (κ2) is 13.0. The molecule has 242 valence electrons. The van der Waals surface area contributed by atoms with E-state index in [-0.39, 0.29) is 33.5 Å². The van der Waals surface area contributed by atoms with Gasteiger partial charge in [-0.05, 0) is 73.5 Å². The van der Waals surface area contributed by atoms with E-state index in [1.54, 1.807) is 63.2 Å². The second-order valence-corrected chi connectivity index (χ2v) is 11.2. The molecule has 3 aromatic carbocycles. The van der Waals surface area contributed by atoms with Crippen LogP contribution in [-0.2, 0) is 14.2 Å². The molecule has 0 aliphatic carbocycles. The highest BCUT2D eigenvalue weighted by Crippen LogP contribution is 2.38. The van der Waals surface area contributed by atoms with Crippen molar-refractivity contribution in [3.8, 4) is 22.6 Å². The molecule has 0 spiro atoms. The van der Waals surface area contributed by atoms with E-state index in [0.29, 0.717) is 5.56 Å². The molecule has 6 N–H and O–H groups in total. The average molecular weight is 636 g/mol. The van der Waals surface area contributed by atoms with E-state index in [0.717, 1.165) is 5.56 Å². The van der Waals surface area contributed by atoms with Crippen LogP contribution >= 0.6 is 0 Å². The first-order valence-electron chi connectivity index (χ1n) is 14.1. The number of methoxy groups -OCH3 is 1. The number of aliphatic hydroxyl groups excluding tert-OH is 2. The molecule has 1 aliphatic heterocycles. The molecular weight excluding hydrogens is 602 g/mol. The number of aliphatic hydroxyl groups is 2. The molecule has 1 aliphatic rings. The third-order valence-corrected chi connectivity index (χ3v) is 7.73. The Balaban J connectivity index is 1.41. The average Bonchev–Trinajstić information content (AvgIpc) is 3.02. The Morgan fingerprint density at radius 2 is 1.83 bits per heavy atom. The van der Waals surface area contributed by atoms with E-state index in [4.69, 9.17) is 29.1 Å². The van der Waals surface area contributed by atoms with Gasteiger partial charge >= 0.3 is 5.63 Å². The summed E-state index contributed by atoms with van der Waals surface area (Å²) in [5, 5.41) is 37.1. The SMILES string of the molecule is CO[C@@H]1[C@@H](OC(N)O)[C@@H](O)[C@H](Oc2ccc3c(O)c(NC(=O)c4cccc(-c5ccc(N=O)cc5)c4)c(=O)oc3c2C)OC1(C)C. The maximum absolute atomic E-state index is 13.1. The van der Waals surface area contributed by atoms with Crippen LogP contribution in [0.5, 0.6) is 11.5 Å². The van der Waals surface area contributed by atoms with Crippen LogP contribution in [-0.4, -0.2) is 65.0 Å². The number of anilines is 1. The van der Waals surface area contributed by atoms with Gasteiger partial charge in [-0.15, -0.1) is 4.91 Å². The van der Waals surface area contributed by atoms with Crippen molar-refractivity contribution in [2.75, 3.05) is 12.4 Å². The lowest BCUT2D eigenvalue weighted by Crippen LogP contribution is -2.65. The summed E-state index contributed by atoms with van der Waals surface area (Å²) >= 11 is 0. The smallest absolute Gasteiger partial charge is 0.364 e. The van der Waals surface area contributed by atoms with Crippen molar-refractivity contribution in [3.05, 3.63) is 87.1 Å². The summed E-state index contributed by atoms with van der Waals surface area (Å²) in [5.41, 5.74) is 4.99. The van der Waals surface area contributed by atoms with Gasteiger partial charge in [0.1, 0.15) is 35.3 Å². The number of aromatic hydroxyl groups is 1. The van der Waals surface area contributed by atoms with Gasteiger partial charge in [-0.3, -0.25) is 10.5 Å². The third kappa shape index (κ3) is 6.35. The van der Waals surface area contributed by atoms with Crippen LogP contribution in [0.3, 0.4) is 0 Å². The quantitative estimate of drug-likeness (QED) is 0.101. The summed E-state index contributed by atoms with van der Waals surface area (Å²) in [6.07, 6.45) is -6.44. The van der Waals surface area contributed by atoms with Crippen LogP contribution in [0.4, 0.5) is 11.4 Å². The number of nitrogens with one attached hydrogen (secondary N) is 1. The lowest BCUT2D eigenvalue weighted by atomic mass is 9.89. The standard InChI is InChI=1S/C32H33N3O11/c1-15-21(43-30-24(37)26(45-31(33)40)27(42-4)32(2,3)46-30)13-12-20-23(36)22(29(39)44-25(15)20)34-28(38)18-7-5-6-17(14-18)16-8-10-19(35-41)11-9-16/h5-14,24,26-27,30-31,36-37,40H,33H2,1-4H3,(H,34,38)/t24-,26+,27-,30-,31?/m1/s1. The lowest BCUT2D eigenvalue weighted by molar-refractivity contribution is -0.329. The number of nitroso groups, excluding NO2 is 1. The molecule has 14 nitrogen and oxygen atoms in total. The van der Waals surface area contributed by atoms with Crippen LogP contribution in [0.25, 0.3) is 22.1 Å². The topological polar surface area (TPSA) is 212 Å². The summed E-state index contributed by atoms with van der Waals surface area (Å²) in [7, 11) is 1.40. The monoisotopic (exact) mass is 635 g/mol. The number of rotatable bonds is 9. The number of benzene rings is 3. The summed E-state index contributed by atoms with van der Waals surface area (Å²) in [5.74, 6) is -1.06. The van der Waals surface area contributed by atoms with Gasteiger partial charge in [-0.1, -0.05) is 24.3 Å². The Morgan fingerprint density at radius 3 is 2.48 bits per heavy atom. The maximum Gasteiger partial charge on any atom is 0.364 e. The normalized spacial score (nSPS) is 21.5. The first kappa shape index (κ1) is 32.7. The Bertz CT molecular complexity index is 1820. The van der Waals surface area contributed by atoms with Crippen molar-refractivity contribution in [1.29, 1.82) is 0 Å². The molecule has 4 aromatic rings. The van der Waals surface area contributed by atoms with Crippen molar-refractivity contribution in [2.45, 2.75) is 57.4 Å². The van der Waals surface area contributed by atoms with Gasteiger partial charge in [0.15, 0.2) is 11.4 Å². The molecule has 5 atom stereocenters. The van der Waals surface area contributed by atoms with Crippen molar-refractivity contribution in [2.24, 2.45) is 10.9 Å². The molecule has 0 bridgehead atoms. The predicted octanol–water partition coefficient (Wildman–Crippen LogP) is 3.63. The molecule has 14 heteroatoms. The van der Waals surface area contributed by atoms with Gasteiger partial charge in [0, 0.05) is 18.2 Å². The van der Waals surface area contributed by atoms with Gasteiger partial charge in [0.2, 0.25) is 12.7 Å². The zero-order chi connectivity index (χ0) is 33.3. The summed E-state index contributed by atoms with van der Waals surface area (Å²) < 4.78 is 28.2. The van der Waals surface area contributed by atoms with Crippen molar-refractivity contribution in [3.63, 3.8) is 0 Å². The van der Waals surface area contributed by atoms with E-state index in [2.05, 4.69) is 10.5 Å². The van der Waals surface area contributed by atoms with Crippen LogP contribution in [0.2, 0.25) is 0 Å². The van der Waals surface area contributed by atoms with Crippen LogP contribution in [0.1, 0.15) is 29.8 Å². The number of carbonyl (C=O) groups excluding carboxylic acids is 1. The number of hydrogen-bond donors (Lipinski definition) is 5. The molecule has 1 fully saturated rings. The highest BCUT2D eigenvalue weighted by Gasteiger charge is 2.52. The summed E-state index contributed by atoms with van der Waals surface area (Å²) in [6, 6.07) is 15.9. The highest BCUT2D eigenvalue weighted by molar-refractivity contribution is 6.07. The minimum atomic E-state index is -1.70. The molecule has 2 heterocycles. The van der Waals surface area contributed by atoms with Crippen molar-refractivity contribution in [1.82, 2.24) is 0 Å². The van der Waals surface area contributed by atoms with Crippen molar-refractivity contribution < 1.29 is 43.5 Å². The number of fused-ring (bicyclic) bond motifs is 1. The molecule has 1 aromatic heterocycles. The van der Waals surface area contributed by atoms with E-state index < -0.39 is 59.6 Å². The van der Waals surface area contributed by atoms with Gasteiger partial charge in [0.05, 0.1) is 11.0 Å². The lowest BCUT2D eigenvalue weighted by Gasteiger charge is -2.48. The molecular formula is C32H33N3O11. The van der Waals surface area contributed by atoms with E-state index in [9.17, 15) is 29.8 Å². The molecule has 1 unspecified atom stereocenters. The Morgan fingerprint density at radius 1 is 1.11 bits per heavy atom. The molecule has 5 rings (SSSR count). The van der Waals surface area contributed by atoms with E-state index >= 15 is 0 Å². The van der Waals surface area contributed by atoms with Gasteiger partial charge < -0.3 is 44.0 Å². The molecule has 1 saturated heterocycles. The van der Waals surface area contributed by atoms with Crippen LogP contribution < -0.4 is 21.4 Å². The number of hydrogen-bond acceptors (Lipinski definition) is 13. The van der Waals surface area contributed by atoms with Crippen molar-refractivity contribution >= 4 is 28.3 Å². The van der Waals surface area contributed by atoms with Crippen LogP contribution in [0.15, 0.2) is 75.1 Å².